The number of nitrogens with zero attached hydrogens (tertiary/aromatic N) is 4. The predicted octanol–water partition coefficient (Wildman–Crippen LogP) is 0.762. The van der Waals surface area contributed by atoms with E-state index in [1.165, 1.54) is 11.2 Å². The molecule has 0 bridgehead atoms. The fourth-order valence-electron chi connectivity index (χ4n) is 8.55. The van der Waals surface area contributed by atoms with Gasteiger partial charge in [0.15, 0.2) is 0 Å². The zero-order valence-corrected chi connectivity index (χ0v) is 32.9. The van der Waals surface area contributed by atoms with Gasteiger partial charge in [-0.3, -0.25) is 34.2 Å². The third-order valence-corrected chi connectivity index (χ3v) is 12.0. The Morgan fingerprint density at radius 2 is 1.49 bits per heavy atom. The number of carbonyl (C=O) groups is 6. The molecule has 1 aromatic carbocycles. The number of piperidine rings is 2. The predicted molar refractivity (Wildman–Crippen MR) is 211 cm³/mol. The molecule has 57 heavy (non-hydrogen) atoms. The molecule has 3 aliphatic heterocycles. The Labute approximate surface area is 332 Å². The highest BCUT2D eigenvalue weighted by atomic mass is 16.2. The highest BCUT2D eigenvalue weighted by molar-refractivity contribution is 5.97. The van der Waals surface area contributed by atoms with Crippen LogP contribution >= 0.6 is 0 Å². The molecule has 3 aromatic rings. The second kappa shape index (κ2) is 18.8. The van der Waals surface area contributed by atoms with Crippen LogP contribution in [0.1, 0.15) is 82.9 Å². The molecule has 1 unspecified atom stereocenters. The van der Waals surface area contributed by atoms with Gasteiger partial charge in [0.05, 0.1) is 12.4 Å². The minimum absolute atomic E-state index is 0.0950. The number of rotatable bonds is 14. The molecule has 7 atom stereocenters. The number of hydrogen-bond donors (Lipinski definition) is 7. The topological polar surface area (TPSA) is 245 Å². The second-order valence-electron chi connectivity index (χ2n) is 15.7. The number of amides is 6. The van der Waals surface area contributed by atoms with Gasteiger partial charge >= 0.3 is 0 Å². The molecule has 6 amide bonds. The maximum absolute atomic E-state index is 14.6. The van der Waals surface area contributed by atoms with E-state index in [0.29, 0.717) is 76.7 Å². The fraction of sp³-hybridized carbons (Fsp3) is 0.575. The Morgan fingerprint density at radius 1 is 0.825 bits per heavy atom. The lowest BCUT2D eigenvalue weighted by Gasteiger charge is -2.43. The number of carbonyl (C=O) groups excluding carboxylic acids is 6. The van der Waals surface area contributed by atoms with Crippen molar-refractivity contribution in [1.29, 1.82) is 0 Å². The highest BCUT2D eigenvalue weighted by Gasteiger charge is 2.44. The summed E-state index contributed by atoms with van der Waals surface area (Å²) < 4.78 is 0. The SMILES string of the molecule is CCC(C)[C@H](NC(=O)[C@@H](N)Cc1c[nH]c2ccccc12)C(=O)N1CCCC[C@@H]1C(=O)N1CCCC[C@H]1C(=O)N[C@H](Cc1cnc[nH]1)C(=O)N1CCC[C@H]1C(=O)NN. The number of aromatic nitrogens is 3. The molecule has 6 rings (SSSR count). The van der Waals surface area contributed by atoms with Crippen LogP contribution in [0, 0.1) is 5.92 Å². The minimum Gasteiger partial charge on any atom is -0.361 e. The molecule has 308 valence electrons. The number of likely N-dealkylation sites (tertiary alicyclic amines) is 3. The molecule has 0 spiro atoms. The molecule has 17 nitrogen and oxygen atoms in total. The number of imidazole rings is 1. The molecule has 3 saturated heterocycles. The minimum atomic E-state index is -1.04. The maximum atomic E-state index is 14.6. The van der Waals surface area contributed by atoms with Crippen LogP contribution in [-0.2, 0) is 41.6 Å². The Balaban J connectivity index is 1.17. The highest BCUT2D eigenvalue weighted by Crippen LogP contribution is 2.27. The summed E-state index contributed by atoms with van der Waals surface area (Å²) in [6.07, 6.45) is 10.5. The van der Waals surface area contributed by atoms with Gasteiger partial charge in [0.1, 0.15) is 30.2 Å². The molecule has 0 aliphatic carbocycles. The van der Waals surface area contributed by atoms with E-state index in [2.05, 4.69) is 31.0 Å². The number of fused-ring (bicyclic) bond motifs is 1. The summed E-state index contributed by atoms with van der Waals surface area (Å²) in [4.78, 5) is 98.2. The Hall–Kier alpha value is -5.29. The van der Waals surface area contributed by atoms with Crippen LogP contribution in [0.4, 0.5) is 0 Å². The molecule has 0 radical (unpaired) electrons. The largest absolute Gasteiger partial charge is 0.361 e. The standard InChI is InChI=1S/C40H57N11O6/c1-3-24(2)34(47-35(52)28(41)19-25-21-44-29-12-5-4-11-27(25)29)40(57)51-17-9-7-14-33(51)39(56)50-16-8-6-13-31(50)36(53)46-30(20-26-22-43-23-45-26)38(55)49-18-10-15-32(49)37(54)48-42/h4-5,11-12,21-24,28,30-34,44H,3,6-10,13-20,41-42H2,1-2H3,(H,43,45)(H,46,53)(H,47,52)(H,48,54)/t24?,28-,30+,31-,32-,33+,34-/m0/s1. The number of para-hydroxylation sites is 1. The summed E-state index contributed by atoms with van der Waals surface area (Å²) in [5, 5.41) is 6.85. The van der Waals surface area contributed by atoms with E-state index in [4.69, 9.17) is 11.6 Å². The summed E-state index contributed by atoms with van der Waals surface area (Å²) >= 11 is 0. The van der Waals surface area contributed by atoms with E-state index in [1.807, 2.05) is 44.3 Å². The summed E-state index contributed by atoms with van der Waals surface area (Å²) in [6, 6.07) is 2.45. The van der Waals surface area contributed by atoms with Crippen LogP contribution in [0.5, 0.6) is 0 Å². The smallest absolute Gasteiger partial charge is 0.256 e. The molecular formula is C40H57N11O6. The summed E-state index contributed by atoms with van der Waals surface area (Å²) in [5.74, 6) is 2.65. The van der Waals surface area contributed by atoms with Crippen molar-refractivity contribution in [3.05, 3.63) is 54.2 Å². The van der Waals surface area contributed by atoms with Crippen molar-refractivity contribution in [3.8, 4) is 0 Å². The first-order chi connectivity index (χ1) is 27.5. The molecule has 2 aromatic heterocycles. The monoisotopic (exact) mass is 787 g/mol. The van der Waals surface area contributed by atoms with Gasteiger partial charge in [0, 0.05) is 55.0 Å². The molecule has 0 saturated carbocycles. The number of nitrogens with one attached hydrogen (secondary N) is 5. The van der Waals surface area contributed by atoms with Gasteiger partial charge in [-0.1, -0.05) is 38.5 Å². The summed E-state index contributed by atoms with van der Waals surface area (Å²) in [7, 11) is 0. The first-order valence-corrected chi connectivity index (χ1v) is 20.3. The van der Waals surface area contributed by atoms with Crippen LogP contribution in [0.25, 0.3) is 10.9 Å². The Morgan fingerprint density at radius 3 is 2.21 bits per heavy atom. The molecule has 5 heterocycles. The zero-order valence-electron chi connectivity index (χ0n) is 32.9. The van der Waals surface area contributed by atoms with Crippen molar-refractivity contribution in [1.82, 2.24) is 45.7 Å². The van der Waals surface area contributed by atoms with Gasteiger partial charge in [-0.15, -0.1) is 0 Å². The lowest BCUT2D eigenvalue weighted by atomic mass is 9.92. The maximum Gasteiger partial charge on any atom is 0.256 e. The van der Waals surface area contributed by atoms with E-state index in [9.17, 15) is 28.8 Å². The van der Waals surface area contributed by atoms with Gasteiger partial charge in [-0.2, -0.15) is 0 Å². The van der Waals surface area contributed by atoms with Gasteiger partial charge in [0.2, 0.25) is 29.5 Å². The molecule has 3 fully saturated rings. The van der Waals surface area contributed by atoms with Crippen LogP contribution in [-0.4, -0.2) is 121 Å². The van der Waals surface area contributed by atoms with Crippen LogP contribution in [0.3, 0.4) is 0 Å². The number of hydrogen-bond acceptors (Lipinski definition) is 9. The molecule has 3 aliphatic rings. The van der Waals surface area contributed by atoms with E-state index in [1.54, 1.807) is 16.0 Å². The van der Waals surface area contributed by atoms with Gasteiger partial charge in [0.25, 0.3) is 5.91 Å². The van der Waals surface area contributed by atoms with Crippen molar-refractivity contribution in [2.24, 2.45) is 17.5 Å². The van der Waals surface area contributed by atoms with Crippen LogP contribution < -0.4 is 27.6 Å². The third-order valence-electron chi connectivity index (χ3n) is 12.0. The molecule has 17 heteroatoms. The number of aromatic amines is 2. The van der Waals surface area contributed by atoms with Crippen molar-refractivity contribution in [2.75, 3.05) is 19.6 Å². The number of hydrazine groups is 1. The van der Waals surface area contributed by atoms with E-state index >= 15 is 0 Å². The Bertz CT molecular complexity index is 1900. The quantitative estimate of drug-likeness (QED) is 0.0692. The molecular weight excluding hydrogens is 731 g/mol. The molecule has 9 N–H and O–H groups in total. The van der Waals surface area contributed by atoms with Crippen LogP contribution in [0.15, 0.2) is 43.0 Å². The van der Waals surface area contributed by atoms with E-state index < -0.39 is 59.9 Å². The lowest BCUT2D eigenvalue weighted by molar-refractivity contribution is -0.154. The van der Waals surface area contributed by atoms with Crippen molar-refractivity contribution < 1.29 is 28.8 Å². The van der Waals surface area contributed by atoms with Gasteiger partial charge in [-0.05, 0) is 75.3 Å². The second-order valence-corrected chi connectivity index (χ2v) is 15.7. The Kier molecular flexibility index (Phi) is 13.6. The third kappa shape index (κ3) is 9.31. The van der Waals surface area contributed by atoms with Crippen molar-refractivity contribution in [3.63, 3.8) is 0 Å². The lowest BCUT2D eigenvalue weighted by Crippen LogP contribution is -2.63. The number of H-pyrrole nitrogens is 2. The number of benzene rings is 1. The van der Waals surface area contributed by atoms with Gasteiger partial charge < -0.3 is 41.0 Å². The normalized spacial score (nSPS) is 22.0. The fourth-order valence-corrected chi connectivity index (χ4v) is 8.55. The zero-order chi connectivity index (χ0) is 40.6. The van der Waals surface area contributed by atoms with Crippen molar-refractivity contribution >= 4 is 46.3 Å². The van der Waals surface area contributed by atoms with Gasteiger partial charge in [-0.25, -0.2) is 10.8 Å². The van der Waals surface area contributed by atoms with E-state index in [0.717, 1.165) is 22.9 Å². The average Bonchev–Trinajstić information content (AvgIpc) is 4.03. The van der Waals surface area contributed by atoms with Crippen LogP contribution in [0.2, 0.25) is 0 Å². The van der Waals surface area contributed by atoms with Crippen molar-refractivity contribution in [2.45, 2.75) is 121 Å². The summed E-state index contributed by atoms with van der Waals surface area (Å²) in [6.45, 7) is 4.82. The first kappa shape index (κ1) is 41.3. The number of nitrogens with two attached hydrogens (primary N) is 2. The first-order valence-electron chi connectivity index (χ1n) is 20.3. The average molecular weight is 788 g/mol. The van der Waals surface area contributed by atoms with E-state index in [-0.39, 0.29) is 30.6 Å². The summed E-state index contributed by atoms with van der Waals surface area (Å²) in [5.41, 5.74) is 11.0.